The van der Waals surface area contributed by atoms with Gasteiger partial charge in [0.2, 0.25) is 0 Å². The molecule has 0 saturated heterocycles. The highest BCUT2D eigenvalue weighted by atomic mass is 35.5. The smallest absolute Gasteiger partial charge is 0.341 e. The van der Waals surface area contributed by atoms with Crippen molar-refractivity contribution in [3.63, 3.8) is 0 Å². The van der Waals surface area contributed by atoms with E-state index >= 15 is 0 Å². The summed E-state index contributed by atoms with van der Waals surface area (Å²) in [6, 6.07) is 3.77. The van der Waals surface area contributed by atoms with Crippen LogP contribution < -0.4 is 10.6 Å². The summed E-state index contributed by atoms with van der Waals surface area (Å²) < 4.78 is 10.9. The molecule has 2 aromatic rings. The molecule has 3 heterocycles. The maximum atomic E-state index is 12.6. The first-order chi connectivity index (χ1) is 18.2. The molecule has 3 rings (SSSR count). The predicted octanol–water partition coefficient (Wildman–Crippen LogP) is 4.39. The van der Waals surface area contributed by atoms with Crippen molar-refractivity contribution in [3.8, 4) is 0 Å². The Morgan fingerprint density at radius 2 is 2.03 bits per heavy atom. The topological polar surface area (TPSA) is 113 Å². The van der Waals surface area contributed by atoms with Gasteiger partial charge in [0.1, 0.15) is 10.8 Å². The largest absolute Gasteiger partial charge is 0.500 e. The number of rotatable bonds is 12. The highest BCUT2D eigenvalue weighted by molar-refractivity contribution is 7.18. The second kappa shape index (κ2) is 14.1. The van der Waals surface area contributed by atoms with Crippen molar-refractivity contribution in [3.05, 3.63) is 60.0 Å². The van der Waals surface area contributed by atoms with Gasteiger partial charge in [-0.15, -0.1) is 22.7 Å². The van der Waals surface area contributed by atoms with Gasteiger partial charge < -0.3 is 25.2 Å². The predicted molar refractivity (Wildman–Crippen MR) is 150 cm³/mol. The van der Waals surface area contributed by atoms with Gasteiger partial charge in [0.25, 0.3) is 5.91 Å². The number of amides is 1. The van der Waals surface area contributed by atoms with Crippen molar-refractivity contribution < 1.29 is 24.2 Å². The molecule has 2 aromatic heterocycles. The van der Waals surface area contributed by atoms with Crippen molar-refractivity contribution in [2.24, 2.45) is 0 Å². The minimum Gasteiger partial charge on any atom is -0.500 e. The van der Waals surface area contributed by atoms with E-state index in [0.717, 1.165) is 30.1 Å². The Hall–Kier alpha value is -2.44. The first kappa shape index (κ1) is 30.1. The zero-order chi connectivity index (χ0) is 27.8. The lowest BCUT2D eigenvalue weighted by Gasteiger charge is -2.29. The number of thiazole rings is 1. The molecular weight excluding hydrogens is 548 g/mol. The number of aromatic nitrogens is 1. The number of aliphatic hydroxyl groups excluding tert-OH is 1. The number of aliphatic hydroxyl groups is 1. The lowest BCUT2D eigenvalue weighted by Crippen LogP contribution is -2.35. The summed E-state index contributed by atoms with van der Waals surface area (Å²) in [4.78, 5) is 33.8. The van der Waals surface area contributed by atoms with E-state index in [1.165, 1.54) is 36.9 Å². The fourth-order valence-corrected chi connectivity index (χ4v) is 6.07. The number of methoxy groups -OCH3 is 2. The van der Waals surface area contributed by atoms with Crippen LogP contribution in [0.15, 0.2) is 35.2 Å². The first-order valence-corrected chi connectivity index (χ1v) is 14.4. The van der Waals surface area contributed by atoms with Crippen LogP contribution in [0.5, 0.6) is 0 Å². The van der Waals surface area contributed by atoms with E-state index in [1.807, 2.05) is 6.92 Å². The van der Waals surface area contributed by atoms with Gasteiger partial charge in [0, 0.05) is 55.5 Å². The van der Waals surface area contributed by atoms with Crippen LogP contribution >= 0.6 is 34.3 Å². The Kier molecular flexibility index (Phi) is 11.2. The van der Waals surface area contributed by atoms with Crippen LogP contribution in [0.2, 0.25) is 4.34 Å². The summed E-state index contributed by atoms with van der Waals surface area (Å²) in [7, 11) is 2.79. The van der Waals surface area contributed by atoms with Gasteiger partial charge in [0.15, 0.2) is 6.23 Å². The molecule has 1 aliphatic heterocycles. The van der Waals surface area contributed by atoms with Crippen LogP contribution in [0.25, 0.3) is 0 Å². The summed E-state index contributed by atoms with van der Waals surface area (Å²) >= 11 is 8.62. The molecule has 1 atom stereocenters. The molecule has 0 spiro atoms. The van der Waals surface area contributed by atoms with Crippen LogP contribution in [0.3, 0.4) is 0 Å². The fourth-order valence-electron chi connectivity index (χ4n) is 4.03. The summed E-state index contributed by atoms with van der Waals surface area (Å²) in [5.41, 5.74) is 1.76. The van der Waals surface area contributed by atoms with Crippen LogP contribution in [0.4, 0.5) is 0 Å². The van der Waals surface area contributed by atoms with Crippen LogP contribution in [-0.2, 0) is 27.2 Å². The Balaban J connectivity index is 1.82. The van der Waals surface area contributed by atoms with E-state index < -0.39 is 12.2 Å². The number of thiophene rings is 1. The average molecular weight is 583 g/mol. The normalized spacial score (nSPS) is 15.5. The molecule has 12 heteroatoms. The van der Waals surface area contributed by atoms with E-state index in [2.05, 4.69) is 34.4 Å². The third kappa shape index (κ3) is 7.79. The molecule has 0 radical (unpaired) electrons. The van der Waals surface area contributed by atoms with E-state index in [0.29, 0.717) is 44.6 Å². The maximum Gasteiger partial charge on any atom is 0.341 e. The number of ether oxygens (including phenoxy) is 2. The number of fused-ring (bicyclic) bond motifs is 1. The van der Waals surface area contributed by atoms with Crippen molar-refractivity contribution in [1.82, 2.24) is 20.5 Å². The number of nitrogens with zero attached hydrogens (tertiary/aromatic N) is 2. The van der Waals surface area contributed by atoms with Gasteiger partial charge in [-0.2, -0.15) is 0 Å². The summed E-state index contributed by atoms with van der Waals surface area (Å²) in [5.74, 6) is -0.367. The summed E-state index contributed by atoms with van der Waals surface area (Å²) in [6.45, 7) is 8.20. The van der Waals surface area contributed by atoms with Crippen molar-refractivity contribution >= 4 is 46.2 Å². The van der Waals surface area contributed by atoms with E-state index in [1.54, 1.807) is 18.2 Å². The number of carbonyl (C=O) groups is 2. The fraction of sp³-hybridized carbons (Fsp3) is 0.500. The third-order valence-electron chi connectivity index (χ3n) is 6.13. The quantitative estimate of drug-likeness (QED) is 0.111. The minimum atomic E-state index is -1.09. The van der Waals surface area contributed by atoms with Gasteiger partial charge in [-0.25, -0.2) is 9.78 Å². The number of allylic oxidation sites excluding steroid dienone is 1. The van der Waals surface area contributed by atoms with Crippen LogP contribution in [0.1, 0.15) is 65.1 Å². The molecule has 3 N–H and O–H groups in total. The highest BCUT2D eigenvalue weighted by Crippen LogP contribution is 2.29. The molecule has 0 bridgehead atoms. The zero-order valence-electron chi connectivity index (χ0n) is 22.3. The standard InChI is InChI=1S/C26H35ClN4O5S2/c1-6-19(35-4)17(26(34)36-5)13-16(9-11-28-23(32)20-7-8-22(27)37-20)29-24(33)25-30-18-10-12-31(15(2)3)14-21(18)38-25/h7-8,13,15,24,29,33H,6,9-12,14H2,1-5H3,(H,28,32)/b16-13+,19-17-. The van der Waals surface area contributed by atoms with Crippen LogP contribution in [-0.4, -0.2) is 60.2 Å². The zero-order valence-corrected chi connectivity index (χ0v) is 24.7. The number of hydrogen-bond acceptors (Lipinski definition) is 10. The van der Waals surface area contributed by atoms with Gasteiger partial charge in [-0.3, -0.25) is 9.69 Å². The van der Waals surface area contributed by atoms with Gasteiger partial charge in [-0.1, -0.05) is 18.5 Å². The molecule has 208 valence electrons. The highest BCUT2D eigenvalue weighted by Gasteiger charge is 2.25. The number of hydrogen-bond donors (Lipinski definition) is 3. The summed E-state index contributed by atoms with van der Waals surface area (Å²) in [5, 5.41) is 17.6. The number of carbonyl (C=O) groups excluding carboxylic acids is 2. The Morgan fingerprint density at radius 1 is 1.26 bits per heavy atom. The molecule has 0 fully saturated rings. The Bertz CT molecular complexity index is 1180. The molecule has 9 nitrogen and oxygen atoms in total. The molecule has 1 unspecified atom stereocenters. The lowest BCUT2D eigenvalue weighted by atomic mass is 10.1. The monoisotopic (exact) mass is 582 g/mol. The number of nitrogens with one attached hydrogen (secondary N) is 2. The third-order valence-corrected chi connectivity index (χ3v) is 8.50. The number of esters is 1. The van der Waals surface area contributed by atoms with Gasteiger partial charge in [-0.05, 0) is 32.1 Å². The number of halogens is 1. The molecule has 0 aliphatic carbocycles. The van der Waals surface area contributed by atoms with E-state index in [-0.39, 0.29) is 18.0 Å². The maximum absolute atomic E-state index is 12.6. The van der Waals surface area contributed by atoms with E-state index in [9.17, 15) is 14.7 Å². The molecular formula is C26H35ClN4O5S2. The van der Waals surface area contributed by atoms with Crippen LogP contribution in [0, 0.1) is 0 Å². The van der Waals surface area contributed by atoms with E-state index in [4.69, 9.17) is 21.1 Å². The second-order valence-electron chi connectivity index (χ2n) is 8.95. The molecule has 38 heavy (non-hydrogen) atoms. The van der Waals surface area contributed by atoms with Crippen molar-refractivity contribution in [2.75, 3.05) is 27.3 Å². The van der Waals surface area contributed by atoms with Crippen molar-refractivity contribution in [1.29, 1.82) is 0 Å². The minimum absolute atomic E-state index is 0.231. The Morgan fingerprint density at radius 3 is 2.63 bits per heavy atom. The van der Waals surface area contributed by atoms with Crippen molar-refractivity contribution in [2.45, 2.75) is 58.8 Å². The molecule has 1 aliphatic rings. The molecule has 0 saturated carbocycles. The summed E-state index contributed by atoms with van der Waals surface area (Å²) in [6.07, 6.45) is 2.10. The first-order valence-electron chi connectivity index (χ1n) is 12.4. The molecule has 1 amide bonds. The second-order valence-corrected chi connectivity index (χ2v) is 11.8. The average Bonchev–Trinajstić information content (AvgIpc) is 3.53. The lowest BCUT2D eigenvalue weighted by molar-refractivity contribution is -0.136. The molecule has 0 aromatic carbocycles. The van der Waals surface area contributed by atoms with Gasteiger partial charge in [0.05, 0.1) is 34.7 Å². The SMILES string of the molecule is CC/C(OC)=C(\C=C(/CCNC(=O)c1ccc(Cl)s1)NC(O)c1nc2c(s1)CN(C(C)C)CC2)C(=O)OC. The Labute approximate surface area is 236 Å². The van der Waals surface area contributed by atoms with Gasteiger partial charge >= 0.3 is 5.97 Å².